The molecule has 166 valence electrons. The first kappa shape index (κ1) is 22.7. The Bertz CT molecular complexity index is 898. The van der Waals surface area contributed by atoms with Gasteiger partial charge in [-0.2, -0.15) is 0 Å². The Morgan fingerprint density at radius 3 is 2.48 bits per heavy atom. The number of hydrogen-bond acceptors (Lipinski definition) is 5. The molecule has 2 aromatic rings. The number of aliphatic hydroxyl groups excluding tert-OH is 2. The zero-order valence-corrected chi connectivity index (χ0v) is 17.1. The number of anilines is 1. The van der Waals surface area contributed by atoms with E-state index < -0.39 is 36.3 Å². The highest BCUT2D eigenvalue weighted by atomic mass is 19.1. The number of halogens is 1. The van der Waals surface area contributed by atoms with E-state index in [4.69, 9.17) is 4.74 Å². The second-order valence-corrected chi connectivity index (χ2v) is 7.48. The third-order valence-electron chi connectivity index (χ3n) is 5.07. The van der Waals surface area contributed by atoms with Crippen molar-refractivity contribution in [3.63, 3.8) is 0 Å². The maximum Gasteiger partial charge on any atom is 0.319 e. The summed E-state index contributed by atoms with van der Waals surface area (Å²) in [5, 5.41) is 25.5. The number of benzene rings is 2. The van der Waals surface area contributed by atoms with Gasteiger partial charge in [0.05, 0.1) is 12.5 Å². The van der Waals surface area contributed by atoms with Crippen LogP contribution in [0.1, 0.15) is 12.0 Å². The number of carbonyl (C=O) groups excluding carboxylic acids is 2. The molecule has 1 heterocycles. The summed E-state index contributed by atoms with van der Waals surface area (Å²) in [5.41, 5.74) is 1.24. The molecule has 0 radical (unpaired) electrons. The SMILES string of the molecule is CN(Cc1ccccc1)C(=O)C[C@@H]1O[C@H](CNC(=O)Nc2cccc(F)c2)[C@@H](O)[C@H]1O. The van der Waals surface area contributed by atoms with E-state index in [9.17, 15) is 24.2 Å². The Labute approximate surface area is 179 Å². The molecule has 1 fully saturated rings. The lowest BCUT2D eigenvalue weighted by Gasteiger charge is -2.21. The average Bonchev–Trinajstić information content (AvgIpc) is 3.01. The van der Waals surface area contributed by atoms with Crippen molar-refractivity contribution >= 4 is 17.6 Å². The Kier molecular flexibility index (Phi) is 7.56. The highest BCUT2D eigenvalue weighted by Crippen LogP contribution is 2.24. The van der Waals surface area contributed by atoms with Gasteiger partial charge in [0.15, 0.2) is 0 Å². The van der Waals surface area contributed by atoms with Gasteiger partial charge in [0, 0.05) is 25.8 Å². The van der Waals surface area contributed by atoms with Gasteiger partial charge in [-0.3, -0.25) is 4.79 Å². The first-order chi connectivity index (χ1) is 14.8. The lowest BCUT2D eigenvalue weighted by atomic mass is 10.0. The van der Waals surface area contributed by atoms with E-state index in [0.717, 1.165) is 11.6 Å². The summed E-state index contributed by atoms with van der Waals surface area (Å²) in [6.07, 6.45) is -4.39. The van der Waals surface area contributed by atoms with Crippen LogP contribution in [0, 0.1) is 5.82 Å². The molecule has 0 spiro atoms. The molecule has 3 rings (SSSR count). The number of nitrogens with one attached hydrogen (secondary N) is 2. The first-order valence-corrected chi connectivity index (χ1v) is 9.93. The van der Waals surface area contributed by atoms with Crippen LogP contribution < -0.4 is 10.6 Å². The summed E-state index contributed by atoms with van der Waals surface area (Å²) in [6, 6.07) is 14.3. The van der Waals surface area contributed by atoms with Crippen molar-refractivity contribution in [1.82, 2.24) is 10.2 Å². The average molecular weight is 431 g/mol. The Morgan fingerprint density at radius 2 is 1.77 bits per heavy atom. The molecule has 0 saturated carbocycles. The van der Waals surface area contributed by atoms with Gasteiger partial charge in [-0.05, 0) is 23.8 Å². The highest BCUT2D eigenvalue weighted by molar-refractivity contribution is 5.89. The minimum atomic E-state index is -1.26. The zero-order valence-electron chi connectivity index (χ0n) is 17.1. The standard InChI is InChI=1S/C22H26FN3O5/c1-26(13-14-6-3-2-4-7-14)19(27)11-17-20(28)21(29)18(31-17)12-24-22(30)25-16-9-5-8-15(23)10-16/h2-10,17-18,20-21,28-29H,11-13H2,1H3,(H2,24,25,30)/t17-,18+,20-,21+/m0/s1. The first-order valence-electron chi connectivity index (χ1n) is 9.93. The normalized spacial score (nSPS) is 22.7. The molecule has 1 aliphatic rings. The van der Waals surface area contributed by atoms with Gasteiger partial charge >= 0.3 is 6.03 Å². The maximum absolute atomic E-state index is 13.2. The molecule has 2 aromatic carbocycles. The molecule has 1 saturated heterocycles. The number of carbonyl (C=O) groups is 2. The minimum Gasteiger partial charge on any atom is -0.388 e. The quantitative estimate of drug-likeness (QED) is 0.531. The molecule has 0 bridgehead atoms. The molecule has 0 aromatic heterocycles. The van der Waals surface area contributed by atoms with E-state index in [-0.39, 0.29) is 24.6 Å². The molecule has 1 aliphatic heterocycles. The molecule has 0 unspecified atom stereocenters. The molecule has 0 aliphatic carbocycles. The molecular formula is C22H26FN3O5. The molecule has 8 nitrogen and oxygen atoms in total. The number of hydrogen-bond donors (Lipinski definition) is 4. The van der Waals surface area contributed by atoms with Crippen LogP contribution in [-0.2, 0) is 16.1 Å². The molecule has 4 N–H and O–H groups in total. The van der Waals surface area contributed by atoms with Crippen LogP contribution in [0.2, 0.25) is 0 Å². The molecule has 4 atom stereocenters. The van der Waals surface area contributed by atoms with Crippen LogP contribution in [0.25, 0.3) is 0 Å². The van der Waals surface area contributed by atoms with E-state index >= 15 is 0 Å². The Hall–Kier alpha value is -3.01. The second kappa shape index (κ2) is 10.3. The van der Waals surface area contributed by atoms with Crippen molar-refractivity contribution in [2.45, 2.75) is 37.4 Å². The van der Waals surface area contributed by atoms with Crippen molar-refractivity contribution in [1.29, 1.82) is 0 Å². The second-order valence-electron chi connectivity index (χ2n) is 7.48. The molecular weight excluding hydrogens is 405 g/mol. The summed E-state index contributed by atoms with van der Waals surface area (Å²) in [5.74, 6) is -0.724. The lowest BCUT2D eigenvalue weighted by molar-refractivity contribution is -0.134. The van der Waals surface area contributed by atoms with Crippen LogP contribution in [0.15, 0.2) is 54.6 Å². The predicted octanol–water partition coefficient (Wildman–Crippen LogP) is 1.49. The summed E-state index contributed by atoms with van der Waals surface area (Å²) < 4.78 is 18.8. The number of amides is 3. The van der Waals surface area contributed by atoms with Crippen LogP contribution in [0.3, 0.4) is 0 Å². The van der Waals surface area contributed by atoms with Gasteiger partial charge in [-0.15, -0.1) is 0 Å². The van der Waals surface area contributed by atoms with Gasteiger partial charge in [0.25, 0.3) is 0 Å². The van der Waals surface area contributed by atoms with Gasteiger partial charge in [0.2, 0.25) is 5.91 Å². The molecule has 9 heteroatoms. The lowest BCUT2D eigenvalue weighted by Crippen LogP contribution is -2.41. The van der Waals surface area contributed by atoms with E-state index in [2.05, 4.69) is 10.6 Å². The Morgan fingerprint density at radius 1 is 1.06 bits per heavy atom. The summed E-state index contributed by atoms with van der Waals surface area (Å²) in [7, 11) is 1.66. The topological polar surface area (TPSA) is 111 Å². The van der Waals surface area contributed by atoms with Crippen molar-refractivity contribution < 1.29 is 28.9 Å². The van der Waals surface area contributed by atoms with Crippen molar-refractivity contribution in [3.05, 3.63) is 66.0 Å². The smallest absolute Gasteiger partial charge is 0.319 e. The Balaban J connectivity index is 1.47. The van der Waals surface area contributed by atoms with Gasteiger partial charge in [-0.25, -0.2) is 9.18 Å². The van der Waals surface area contributed by atoms with E-state index in [1.807, 2.05) is 30.3 Å². The minimum absolute atomic E-state index is 0.0933. The van der Waals surface area contributed by atoms with Gasteiger partial charge < -0.3 is 30.5 Å². The fourth-order valence-electron chi connectivity index (χ4n) is 3.37. The highest BCUT2D eigenvalue weighted by Gasteiger charge is 2.43. The van der Waals surface area contributed by atoms with Gasteiger partial charge in [-0.1, -0.05) is 36.4 Å². The number of urea groups is 1. The van der Waals surface area contributed by atoms with Crippen LogP contribution in [-0.4, -0.2) is 65.1 Å². The van der Waals surface area contributed by atoms with Crippen LogP contribution in [0.4, 0.5) is 14.9 Å². The largest absolute Gasteiger partial charge is 0.388 e. The summed E-state index contributed by atoms with van der Waals surface area (Å²) >= 11 is 0. The van der Waals surface area contributed by atoms with Gasteiger partial charge in [0.1, 0.15) is 24.1 Å². The van der Waals surface area contributed by atoms with Crippen LogP contribution in [0.5, 0.6) is 0 Å². The number of ether oxygens (including phenoxy) is 1. The molecule has 3 amide bonds. The fraction of sp³-hybridized carbons (Fsp3) is 0.364. The number of aliphatic hydroxyl groups is 2. The maximum atomic E-state index is 13.2. The third kappa shape index (κ3) is 6.24. The zero-order chi connectivity index (χ0) is 22.4. The van der Waals surface area contributed by atoms with Crippen LogP contribution >= 0.6 is 0 Å². The molecule has 31 heavy (non-hydrogen) atoms. The van der Waals surface area contributed by atoms with E-state index in [1.165, 1.54) is 23.1 Å². The predicted molar refractivity (Wildman–Crippen MR) is 112 cm³/mol. The van der Waals surface area contributed by atoms with E-state index in [1.54, 1.807) is 7.05 Å². The number of rotatable bonds is 7. The van der Waals surface area contributed by atoms with E-state index in [0.29, 0.717) is 6.54 Å². The van der Waals surface area contributed by atoms with Crippen molar-refractivity contribution in [2.24, 2.45) is 0 Å². The summed E-state index contributed by atoms with van der Waals surface area (Å²) in [6.45, 7) is 0.320. The fourth-order valence-corrected chi connectivity index (χ4v) is 3.37. The number of nitrogens with zero attached hydrogens (tertiary/aromatic N) is 1. The van der Waals surface area contributed by atoms with Crippen molar-refractivity contribution in [3.8, 4) is 0 Å². The van der Waals surface area contributed by atoms with Crippen molar-refractivity contribution in [2.75, 3.05) is 18.9 Å². The third-order valence-corrected chi connectivity index (χ3v) is 5.07. The summed E-state index contributed by atoms with van der Waals surface area (Å²) in [4.78, 5) is 26.0. The monoisotopic (exact) mass is 431 g/mol.